The first-order chi connectivity index (χ1) is 10.4. The molecule has 0 aliphatic carbocycles. The van der Waals surface area contributed by atoms with Crippen molar-refractivity contribution in [3.05, 3.63) is 0 Å². The van der Waals surface area contributed by atoms with E-state index in [4.69, 9.17) is 19.9 Å². The minimum Gasteiger partial charge on any atom is -0.457 e. The van der Waals surface area contributed by atoms with E-state index in [1.165, 1.54) is 25.6 Å². The molecular weight excluding hydrogens is 314 g/mol. The topological polar surface area (TPSA) is 128 Å². The number of hydrogen-bond acceptors (Lipinski definition) is 9. The molecule has 1 aliphatic rings. The Hall–Kier alpha value is -0.870. The van der Waals surface area contributed by atoms with Gasteiger partial charge < -0.3 is 30.2 Å². The quantitative estimate of drug-likeness (QED) is 0.396. The molecule has 4 N–H and O–H groups in total. The van der Waals surface area contributed by atoms with E-state index in [2.05, 4.69) is 0 Å². The molecule has 0 aromatic carbocycles. The van der Waals surface area contributed by atoms with Crippen LogP contribution in [0.4, 0.5) is 0 Å². The van der Waals surface area contributed by atoms with Crippen molar-refractivity contribution in [3.8, 4) is 0 Å². The Morgan fingerprint density at radius 1 is 1.23 bits per heavy atom. The Kier molecular flexibility index (Phi) is 8.12. The lowest BCUT2D eigenvalue weighted by atomic mass is 10.00. The van der Waals surface area contributed by atoms with Crippen LogP contribution in [-0.4, -0.2) is 70.9 Å². The van der Waals surface area contributed by atoms with Crippen LogP contribution < -0.4 is 5.73 Å². The van der Waals surface area contributed by atoms with Crippen molar-refractivity contribution in [3.63, 3.8) is 0 Å². The third kappa shape index (κ3) is 5.40. The first kappa shape index (κ1) is 19.2. The molecule has 0 saturated carbocycles. The van der Waals surface area contributed by atoms with Crippen LogP contribution in [0.2, 0.25) is 0 Å². The normalized spacial score (nSPS) is 31.6. The average Bonchev–Trinajstić information content (AvgIpc) is 2.44. The lowest BCUT2D eigenvalue weighted by molar-refractivity contribution is -0.227. The molecule has 22 heavy (non-hydrogen) atoms. The van der Waals surface area contributed by atoms with Crippen LogP contribution >= 0.6 is 11.8 Å². The van der Waals surface area contributed by atoms with Gasteiger partial charge in [0.05, 0.1) is 6.61 Å². The summed E-state index contributed by atoms with van der Waals surface area (Å²) in [5.74, 6) is -0.565. The fourth-order valence-corrected chi connectivity index (χ4v) is 3.31. The highest BCUT2D eigenvalue weighted by Gasteiger charge is 2.48. The van der Waals surface area contributed by atoms with Crippen molar-refractivity contribution < 1.29 is 34.0 Å². The van der Waals surface area contributed by atoms with E-state index in [0.717, 1.165) is 6.42 Å². The van der Waals surface area contributed by atoms with Gasteiger partial charge in [0.25, 0.3) is 0 Å². The molecule has 128 valence electrons. The number of rotatable bonds is 7. The summed E-state index contributed by atoms with van der Waals surface area (Å²) < 4.78 is 15.7. The standard InChI is InChI=1S/C13H23NO7S/c1-7(16)19-11-9(6-15)21-13(22-5-3-4-14)12(10(11)18)20-8(2)17/h9-13,15,18H,3-6,14H2,1-2H3/t9?,10?,11-,12?,13?/m0/s1. The summed E-state index contributed by atoms with van der Waals surface area (Å²) in [6.07, 6.45) is -3.54. The molecule has 0 radical (unpaired) electrons. The van der Waals surface area contributed by atoms with Crippen LogP contribution in [-0.2, 0) is 23.8 Å². The van der Waals surface area contributed by atoms with Crippen molar-refractivity contribution in [2.45, 2.75) is 50.1 Å². The van der Waals surface area contributed by atoms with Crippen LogP contribution in [0.1, 0.15) is 20.3 Å². The summed E-state index contributed by atoms with van der Waals surface area (Å²) in [5.41, 5.74) is 4.76. The van der Waals surface area contributed by atoms with E-state index in [1.54, 1.807) is 0 Å². The summed E-state index contributed by atoms with van der Waals surface area (Å²) in [7, 11) is 0. The molecule has 0 spiro atoms. The molecule has 1 fully saturated rings. The molecule has 1 heterocycles. The number of aliphatic hydroxyl groups excluding tert-OH is 2. The van der Waals surface area contributed by atoms with Crippen molar-refractivity contribution >= 4 is 23.7 Å². The van der Waals surface area contributed by atoms with Gasteiger partial charge in [0.2, 0.25) is 0 Å². The highest BCUT2D eigenvalue weighted by molar-refractivity contribution is 7.99. The lowest BCUT2D eigenvalue weighted by Crippen LogP contribution is -2.60. The predicted molar refractivity (Wildman–Crippen MR) is 79.0 cm³/mol. The second-order valence-corrected chi connectivity index (χ2v) is 6.08. The highest BCUT2D eigenvalue weighted by atomic mass is 32.2. The van der Waals surface area contributed by atoms with Crippen LogP contribution in [0.25, 0.3) is 0 Å². The zero-order valence-electron chi connectivity index (χ0n) is 12.6. The van der Waals surface area contributed by atoms with Gasteiger partial charge in [0, 0.05) is 13.8 Å². The zero-order chi connectivity index (χ0) is 16.7. The van der Waals surface area contributed by atoms with Crippen LogP contribution in [0.3, 0.4) is 0 Å². The van der Waals surface area contributed by atoms with Gasteiger partial charge in [-0.1, -0.05) is 0 Å². The summed E-state index contributed by atoms with van der Waals surface area (Å²) >= 11 is 1.32. The number of carbonyl (C=O) groups excluding carboxylic acids is 2. The van der Waals surface area contributed by atoms with Gasteiger partial charge in [0.15, 0.2) is 12.2 Å². The summed E-state index contributed by atoms with van der Waals surface area (Å²) in [6, 6.07) is 0. The molecule has 1 aliphatic heterocycles. The van der Waals surface area contributed by atoms with Crippen molar-refractivity contribution in [1.82, 2.24) is 0 Å². The van der Waals surface area contributed by atoms with Gasteiger partial charge in [-0.3, -0.25) is 9.59 Å². The average molecular weight is 337 g/mol. The van der Waals surface area contributed by atoms with Crippen LogP contribution in [0.5, 0.6) is 0 Å². The number of hydrogen-bond donors (Lipinski definition) is 3. The number of aliphatic hydroxyl groups is 2. The SMILES string of the molecule is CC(=O)OC1C(SCCCN)OC(CO)[C@H](OC(C)=O)C1O. The first-order valence-corrected chi connectivity index (χ1v) is 8.06. The van der Waals surface area contributed by atoms with Gasteiger partial charge in [-0.15, -0.1) is 11.8 Å². The monoisotopic (exact) mass is 337 g/mol. The fraction of sp³-hybridized carbons (Fsp3) is 0.846. The molecule has 0 bridgehead atoms. The zero-order valence-corrected chi connectivity index (χ0v) is 13.5. The maximum atomic E-state index is 11.2. The fourth-order valence-electron chi connectivity index (χ4n) is 2.11. The largest absolute Gasteiger partial charge is 0.457 e. The van der Waals surface area contributed by atoms with E-state index in [0.29, 0.717) is 12.3 Å². The maximum absolute atomic E-state index is 11.2. The molecule has 0 amide bonds. The molecule has 0 aromatic heterocycles. The van der Waals surface area contributed by atoms with E-state index in [9.17, 15) is 19.8 Å². The Balaban J connectivity index is 2.87. The van der Waals surface area contributed by atoms with Gasteiger partial charge in [-0.2, -0.15) is 0 Å². The lowest BCUT2D eigenvalue weighted by Gasteiger charge is -2.42. The first-order valence-electron chi connectivity index (χ1n) is 7.01. The maximum Gasteiger partial charge on any atom is 0.303 e. The smallest absolute Gasteiger partial charge is 0.303 e. The molecule has 5 atom stereocenters. The third-order valence-corrected chi connectivity index (χ3v) is 4.26. The molecule has 1 saturated heterocycles. The van der Waals surface area contributed by atoms with Gasteiger partial charge >= 0.3 is 11.9 Å². The number of thioether (sulfide) groups is 1. The van der Waals surface area contributed by atoms with Gasteiger partial charge in [-0.25, -0.2) is 0 Å². The highest BCUT2D eigenvalue weighted by Crippen LogP contribution is 2.32. The minimum absolute atomic E-state index is 0.435. The van der Waals surface area contributed by atoms with E-state index >= 15 is 0 Å². The van der Waals surface area contributed by atoms with Crippen molar-refractivity contribution in [2.24, 2.45) is 5.73 Å². The van der Waals surface area contributed by atoms with E-state index in [1.807, 2.05) is 0 Å². The third-order valence-electron chi connectivity index (χ3n) is 3.03. The van der Waals surface area contributed by atoms with Gasteiger partial charge in [-0.05, 0) is 18.7 Å². The van der Waals surface area contributed by atoms with E-state index < -0.39 is 48.4 Å². The predicted octanol–water partition coefficient (Wildman–Crippen LogP) is -0.990. The number of nitrogens with two attached hydrogens (primary N) is 1. The van der Waals surface area contributed by atoms with Crippen molar-refractivity contribution in [2.75, 3.05) is 18.9 Å². The Morgan fingerprint density at radius 3 is 2.32 bits per heavy atom. The minimum atomic E-state index is -1.28. The Bertz CT molecular complexity index is 381. The summed E-state index contributed by atoms with van der Waals surface area (Å²) in [6.45, 7) is 2.47. The second-order valence-electron chi connectivity index (χ2n) is 4.88. The second kappa shape index (κ2) is 9.31. The number of ether oxygens (including phenoxy) is 3. The molecule has 0 aromatic rings. The molecule has 8 nitrogen and oxygen atoms in total. The van der Waals surface area contributed by atoms with Crippen LogP contribution in [0.15, 0.2) is 0 Å². The molecule has 4 unspecified atom stereocenters. The molecule has 1 rings (SSSR count). The summed E-state index contributed by atoms with van der Waals surface area (Å²) in [4.78, 5) is 22.4. The van der Waals surface area contributed by atoms with E-state index in [-0.39, 0.29) is 0 Å². The Morgan fingerprint density at radius 2 is 1.82 bits per heavy atom. The van der Waals surface area contributed by atoms with Crippen LogP contribution in [0, 0.1) is 0 Å². The number of esters is 2. The molecular formula is C13H23NO7S. The summed E-state index contributed by atoms with van der Waals surface area (Å²) in [5, 5.41) is 19.8. The number of carbonyl (C=O) groups is 2. The Labute approximate surface area is 133 Å². The van der Waals surface area contributed by atoms with Gasteiger partial charge in [0.1, 0.15) is 17.6 Å². The van der Waals surface area contributed by atoms with Crippen molar-refractivity contribution in [1.29, 1.82) is 0 Å². The molecule has 9 heteroatoms.